The molecule has 0 aliphatic heterocycles. The summed E-state index contributed by atoms with van der Waals surface area (Å²) in [7, 11) is 0. The molecular weight excluding hydrogens is 218 g/mol. The van der Waals surface area contributed by atoms with Crippen molar-refractivity contribution in [2.45, 2.75) is 78.7 Å². The van der Waals surface area contributed by atoms with Crippen molar-refractivity contribution in [2.24, 2.45) is 34.8 Å². The Balaban J connectivity index is 1.89. The Morgan fingerprint density at radius 3 is 1.89 bits per heavy atom. The lowest BCUT2D eigenvalue weighted by molar-refractivity contribution is 0.115. The van der Waals surface area contributed by atoms with E-state index in [4.69, 9.17) is 5.73 Å². The van der Waals surface area contributed by atoms with Crippen molar-refractivity contribution < 1.29 is 0 Å². The van der Waals surface area contributed by atoms with Crippen LogP contribution in [0.25, 0.3) is 0 Å². The van der Waals surface area contributed by atoms with Crippen LogP contribution in [0.3, 0.4) is 0 Å². The Bertz CT molecular complexity index is 251. The van der Waals surface area contributed by atoms with E-state index in [1.54, 1.807) is 0 Å². The minimum atomic E-state index is 0.478. The molecule has 2 aliphatic carbocycles. The highest BCUT2D eigenvalue weighted by atomic mass is 14.7. The summed E-state index contributed by atoms with van der Waals surface area (Å²) in [6.45, 7) is 9.66. The van der Waals surface area contributed by atoms with Crippen molar-refractivity contribution in [3.8, 4) is 0 Å². The van der Waals surface area contributed by atoms with E-state index in [-0.39, 0.29) is 0 Å². The van der Waals surface area contributed by atoms with Crippen molar-refractivity contribution >= 4 is 0 Å². The van der Waals surface area contributed by atoms with Gasteiger partial charge in [-0.25, -0.2) is 0 Å². The summed E-state index contributed by atoms with van der Waals surface area (Å²) in [5.41, 5.74) is 7.21. The molecular formula is C17H33N. The second-order valence-electron chi connectivity index (χ2n) is 8.26. The topological polar surface area (TPSA) is 26.0 Å². The van der Waals surface area contributed by atoms with Gasteiger partial charge in [0.25, 0.3) is 0 Å². The molecule has 1 nitrogen and oxygen atoms in total. The quantitative estimate of drug-likeness (QED) is 0.762. The van der Waals surface area contributed by atoms with Crippen LogP contribution < -0.4 is 5.73 Å². The Morgan fingerprint density at radius 1 is 0.889 bits per heavy atom. The van der Waals surface area contributed by atoms with Crippen LogP contribution in [-0.2, 0) is 0 Å². The molecule has 2 N–H and O–H groups in total. The molecule has 2 rings (SSSR count). The fourth-order valence-corrected chi connectivity index (χ4v) is 4.51. The zero-order chi connectivity index (χ0) is 13.3. The lowest BCUT2D eigenvalue weighted by Crippen LogP contribution is -2.43. The van der Waals surface area contributed by atoms with E-state index in [0.29, 0.717) is 11.5 Å². The third-order valence-corrected chi connectivity index (χ3v) is 5.69. The van der Waals surface area contributed by atoms with Crippen LogP contribution in [0.2, 0.25) is 0 Å². The van der Waals surface area contributed by atoms with Gasteiger partial charge in [0.05, 0.1) is 0 Å². The molecule has 3 unspecified atom stereocenters. The molecule has 0 heterocycles. The van der Waals surface area contributed by atoms with E-state index in [1.165, 1.54) is 44.9 Å². The Kier molecular flexibility index (Phi) is 4.41. The first kappa shape index (κ1) is 14.4. The zero-order valence-electron chi connectivity index (χ0n) is 12.9. The maximum absolute atomic E-state index is 6.64. The molecule has 2 saturated carbocycles. The van der Waals surface area contributed by atoms with Crippen molar-refractivity contribution in [3.05, 3.63) is 0 Å². The van der Waals surface area contributed by atoms with Crippen molar-refractivity contribution in [1.82, 2.24) is 0 Å². The second kappa shape index (κ2) is 5.53. The number of rotatable bonds is 2. The Hall–Kier alpha value is -0.0400. The van der Waals surface area contributed by atoms with Gasteiger partial charge in [0.1, 0.15) is 0 Å². The first-order valence-electron chi connectivity index (χ1n) is 8.13. The highest BCUT2D eigenvalue weighted by Gasteiger charge is 2.35. The smallest absolute Gasteiger partial charge is 0.00958 e. The summed E-state index contributed by atoms with van der Waals surface area (Å²) in [6, 6.07) is 0.478. The van der Waals surface area contributed by atoms with Gasteiger partial charge in [0.15, 0.2) is 0 Å². The molecule has 1 heteroatoms. The molecule has 0 aromatic rings. The molecule has 0 spiro atoms. The lowest BCUT2D eigenvalue weighted by Gasteiger charge is -2.42. The first-order chi connectivity index (χ1) is 8.37. The Labute approximate surface area is 114 Å². The molecule has 3 atom stereocenters. The minimum Gasteiger partial charge on any atom is -0.327 e. The summed E-state index contributed by atoms with van der Waals surface area (Å²) >= 11 is 0. The predicted molar refractivity (Wildman–Crippen MR) is 79.4 cm³/mol. The van der Waals surface area contributed by atoms with E-state index < -0.39 is 0 Å². The predicted octanol–water partition coefficient (Wildman–Crippen LogP) is 4.60. The van der Waals surface area contributed by atoms with E-state index in [1.807, 2.05) is 0 Å². The van der Waals surface area contributed by atoms with Gasteiger partial charge in [-0.3, -0.25) is 0 Å². The van der Waals surface area contributed by atoms with E-state index >= 15 is 0 Å². The third-order valence-electron chi connectivity index (χ3n) is 5.69. The van der Waals surface area contributed by atoms with Gasteiger partial charge in [-0.05, 0) is 74.0 Å². The van der Waals surface area contributed by atoms with E-state index in [0.717, 1.165) is 23.7 Å². The van der Waals surface area contributed by atoms with Crippen LogP contribution >= 0.6 is 0 Å². The van der Waals surface area contributed by atoms with Gasteiger partial charge in [-0.1, -0.05) is 27.7 Å². The minimum absolute atomic E-state index is 0.478. The summed E-state index contributed by atoms with van der Waals surface area (Å²) in [6.07, 6.45) is 9.67. The van der Waals surface area contributed by atoms with Crippen molar-refractivity contribution in [2.75, 3.05) is 0 Å². The zero-order valence-corrected chi connectivity index (χ0v) is 12.9. The summed E-state index contributed by atoms with van der Waals surface area (Å²) in [5, 5.41) is 0. The second-order valence-corrected chi connectivity index (χ2v) is 8.26. The maximum Gasteiger partial charge on any atom is 0.00958 e. The molecule has 106 valence electrons. The van der Waals surface area contributed by atoms with Crippen molar-refractivity contribution in [1.29, 1.82) is 0 Å². The normalized spacial score (nSPS) is 39.5. The van der Waals surface area contributed by atoms with E-state index in [2.05, 4.69) is 27.7 Å². The third kappa shape index (κ3) is 3.50. The van der Waals surface area contributed by atoms with Gasteiger partial charge >= 0.3 is 0 Å². The number of hydrogen-bond donors (Lipinski definition) is 1. The molecule has 2 fully saturated rings. The van der Waals surface area contributed by atoms with Crippen LogP contribution in [-0.4, -0.2) is 6.04 Å². The highest BCUT2D eigenvalue weighted by Crippen LogP contribution is 2.43. The molecule has 0 radical (unpaired) electrons. The van der Waals surface area contributed by atoms with Gasteiger partial charge < -0.3 is 5.73 Å². The average Bonchev–Trinajstić information content (AvgIpc) is 2.27. The maximum atomic E-state index is 6.64. The summed E-state index contributed by atoms with van der Waals surface area (Å²) in [4.78, 5) is 0. The van der Waals surface area contributed by atoms with Gasteiger partial charge in [0.2, 0.25) is 0 Å². The van der Waals surface area contributed by atoms with Crippen LogP contribution in [0, 0.1) is 29.1 Å². The van der Waals surface area contributed by atoms with Gasteiger partial charge in [0, 0.05) is 6.04 Å². The monoisotopic (exact) mass is 251 g/mol. The van der Waals surface area contributed by atoms with Crippen LogP contribution in [0.5, 0.6) is 0 Å². The number of nitrogens with two attached hydrogens (primary N) is 1. The van der Waals surface area contributed by atoms with Crippen LogP contribution in [0.1, 0.15) is 72.6 Å². The first-order valence-corrected chi connectivity index (χ1v) is 8.13. The molecule has 0 aromatic carbocycles. The molecule has 0 bridgehead atoms. The van der Waals surface area contributed by atoms with Crippen LogP contribution in [0.4, 0.5) is 0 Å². The lowest BCUT2D eigenvalue weighted by atomic mass is 9.65. The SMILES string of the molecule is CC1CC(C)CC(C(N)C2CCC(C)(C)CC2)C1. The highest BCUT2D eigenvalue weighted by molar-refractivity contribution is 4.89. The summed E-state index contributed by atoms with van der Waals surface area (Å²) in [5.74, 6) is 3.39. The fourth-order valence-electron chi connectivity index (χ4n) is 4.51. The number of hydrogen-bond acceptors (Lipinski definition) is 1. The molecule has 0 aromatic heterocycles. The largest absolute Gasteiger partial charge is 0.327 e. The van der Waals surface area contributed by atoms with Gasteiger partial charge in [-0.15, -0.1) is 0 Å². The summed E-state index contributed by atoms with van der Waals surface area (Å²) < 4.78 is 0. The standard InChI is InChI=1S/C17H33N/c1-12-9-13(2)11-15(10-12)16(18)14-5-7-17(3,4)8-6-14/h12-16H,5-11,18H2,1-4H3. The van der Waals surface area contributed by atoms with Gasteiger partial charge in [-0.2, -0.15) is 0 Å². The molecule has 0 saturated heterocycles. The average molecular weight is 251 g/mol. The molecule has 18 heavy (non-hydrogen) atoms. The Morgan fingerprint density at radius 2 is 1.39 bits per heavy atom. The molecule has 0 amide bonds. The van der Waals surface area contributed by atoms with E-state index in [9.17, 15) is 0 Å². The van der Waals surface area contributed by atoms with Crippen LogP contribution in [0.15, 0.2) is 0 Å². The fraction of sp³-hybridized carbons (Fsp3) is 1.00. The van der Waals surface area contributed by atoms with Crippen molar-refractivity contribution in [3.63, 3.8) is 0 Å². The molecule has 2 aliphatic rings.